The van der Waals surface area contributed by atoms with E-state index in [0.717, 1.165) is 12.1 Å². The molecule has 0 bridgehead atoms. The van der Waals surface area contributed by atoms with Crippen LogP contribution in [0.1, 0.15) is 5.56 Å². The van der Waals surface area contributed by atoms with E-state index in [0.29, 0.717) is 34.5 Å². The number of halogens is 4. The van der Waals surface area contributed by atoms with Crippen LogP contribution in [-0.4, -0.2) is 33.2 Å². The van der Waals surface area contributed by atoms with Crippen molar-refractivity contribution in [3.63, 3.8) is 0 Å². The molecule has 1 aromatic carbocycles. The molecule has 5 nitrogen and oxygen atoms in total. The van der Waals surface area contributed by atoms with E-state index in [9.17, 15) is 13.2 Å². The lowest BCUT2D eigenvalue weighted by Crippen LogP contribution is -2.08. The molecule has 0 aliphatic carbocycles. The Hall–Kier alpha value is -2.45. The lowest BCUT2D eigenvalue weighted by Gasteiger charge is -2.11. The number of benzene rings is 1. The summed E-state index contributed by atoms with van der Waals surface area (Å²) in [5.41, 5.74) is 1.45. The molecule has 3 rings (SSSR count). The fourth-order valence-corrected chi connectivity index (χ4v) is 2.31. The van der Waals surface area contributed by atoms with Crippen molar-refractivity contribution >= 4 is 29.3 Å². The number of anilines is 1. The van der Waals surface area contributed by atoms with Gasteiger partial charge in [-0.25, -0.2) is 9.97 Å². The second-order valence-electron chi connectivity index (χ2n) is 5.00. The van der Waals surface area contributed by atoms with Crippen LogP contribution in [0.4, 0.5) is 19.0 Å². The monoisotopic (exact) mass is 370 g/mol. The standard InChI is InChI=1S/C16H13F3N4O.ClH/c17-16(18,19)11-3-1-10(2-4-11)12-9-23-15(22-7-8-24)14-13(12)20-5-6-21-14;/h1-6,9,24H,7-8H2,(H,22,23);1H. The van der Waals surface area contributed by atoms with E-state index in [-0.39, 0.29) is 19.0 Å². The molecule has 0 amide bonds. The molecule has 0 aliphatic rings. The van der Waals surface area contributed by atoms with Gasteiger partial charge in [-0.1, -0.05) is 12.1 Å². The van der Waals surface area contributed by atoms with Gasteiger partial charge in [-0.15, -0.1) is 12.4 Å². The minimum absolute atomic E-state index is 0. The summed E-state index contributed by atoms with van der Waals surface area (Å²) >= 11 is 0. The molecule has 3 aromatic rings. The zero-order chi connectivity index (χ0) is 17.2. The number of aliphatic hydroxyl groups is 1. The lowest BCUT2D eigenvalue weighted by molar-refractivity contribution is -0.137. The highest BCUT2D eigenvalue weighted by Crippen LogP contribution is 2.33. The van der Waals surface area contributed by atoms with Crippen LogP contribution in [0, 0.1) is 0 Å². The first-order valence-electron chi connectivity index (χ1n) is 7.13. The maximum atomic E-state index is 12.7. The molecule has 0 unspecified atom stereocenters. The summed E-state index contributed by atoms with van der Waals surface area (Å²) in [4.78, 5) is 12.7. The number of hydrogen-bond acceptors (Lipinski definition) is 5. The molecule has 0 atom stereocenters. The van der Waals surface area contributed by atoms with Gasteiger partial charge in [0.15, 0.2) is 5.82 Å². The first-order valence-corrected chi connectivity index (χ1v) is 7.13. The Balaban J connectivity index is 0.00000225. The van der Waals surface area contributed by atoms with Crippen LogP contribution in [-0.2, 0) is 6.18 Å². The molecule has 2 N–H and O–H groups in total. The van der Waals surface area contributed by atoms with Crippen LogP contribution in [0.5, 0.6) is 0 Å². The van der Waals surface area contributed by atoms with Gasteiger partial charge in [0.25, 0.3) is 0 Å². The summed E-state index contributed by atoms with van der Waals surface area (Å²) in [6.07, 6.45) is 0.159. The summed E-state index contributed by atoms with van der Waals surface area (Å²) in [5, 5.41) is 11.8. The van der Waals surface area contributed by atoms with E-state index in [1.165, 1.54) is 30.7 Å². The molecule has 0 saturated heterocycles. The number of rotatable bonds is 4. The summed E-state index contributed by atoms with van der Waals surface area (Å²) in [5.74, 6) is 0.461. The minimum Gasteiger partial charge on any atom is -0.395 e. The van der Waals surface area contributed by atoms with Gasteiger partial charge in [0.2, 0.25) is 0 Å². The Morgan fingerprint density at radius 3 is 2.20 bits per heavy atom. The van der Waals surface area contributed by atoms with Gasteiger partial charge in [0.05, 0.1) is 12.2 Å². The van der Waals surface area contributed by atoms with E-state index in [4.69, 9.17) is 5.11 Å². The molecule has 0 fully saturated rings. The van der Waals surface area contributed by atoms with Gasteiger partial charge in [-0.3, -0.25) is 4.98 Å². The minimum atomic E-state index is -4.38. The Morgan fingerprint density at radius 1 is 0.960 bits per heavy atom. The van der Waals surface area contributed by atoms with Crippen molar-refractivity contribution in [1.29, 1.82) is 0 Å². The van der Waals surface area contributed by atoms with Crippen molar-refractivity contribution in [2.45, 2.75) is 6.18 Å². The van der Waals surface area contributed by atoms with E-state index in [1.807, 2.05) is 0 Å². The van der Waals surface area contributed by atoms with Gasteiger partial charge < -0.3 is 10.4 Å². The third-order valence-electron chi connectivity index (χ3n) is 3.43. The molecule has 9 heteroatoms. The van der Waals surface area contributed by atoms with Gasteiger partial charge in [0.1, 0.15) is 11.0 Å². The summed E-state index contributed by atoms with van der Waals surface area (Å²) in [7, 11) is 0. The highest BCUT2D eigenvalue weighted by Gasteiger charge is 2.30. The van der Waals surface area contributed by atoms with Crippen molar-refractivity contribution in [2.24, 2.45) is 0 Å². The highest BCUT2D eigenvalue weighted by molar-refractivity contribution is 5.96. The zero-order valence-electron chi connectivity index (χ0n) is 12.8. The van der Waals surface area contributed by atoms with Gasteiger partial charge >= 0.3 is 6.18 Å². The van der Waals surface area contributed by atoms with Crippen LogP contribution in [0.3, 0.4) is 0 Å². The predicted octanol–water partition coefficient (Wildman–Crippen LogP) is 3.54. The maximum Gasteiger partial charge on any atom is 0.416 e. The largest absolute Gasteiger partial charge is 0.416 e. The number of aromatic nitrogens is 3. The zero-order valence-corrected chi connectivity index (χ0v) is 13.6. The van der Waals surface area contributed by atoms with Gasteiger partial charge in [-0.05, 0) is 17.7 Å². The van der Waals surface area contributed by atoms with Crippen molar-refractivity contribution in [2.75, 3.05) is 18.5 Å². The van der Waals surface area contributed by atoms with E-state index >= 15 is 0 Å². The molecule has 0 aliphatic heterocycles. The molecule has 132 valence electrons. The smallest absolute Gasteiger partial charge is 0.395 e. The van der Waals surface area contributed by atoms with Crippen molar-refractivity contribution in [3.05, 3.63) is 48.4 Å². The Labute approximate surface area is 147 Å². The Kier molecular flexibility index (Phi) is 5.76. The number of hydrogen-bond donors (Lipinski definition) is 2. The fourth-order valence-electron chi connectivity index (χ4n) is 2.31. The molecule has 0 spiro atoms. The Bertz CT molecular complexity index is 856. The number of pyridine rings is 1. The quantitative estimate of drug-likeness (QED) is 0.735. The molecule has 25 heavy (non-hydrogen) atoms. The van der Waals surface area contributed by atoms with Crippen LogP contribution >= 0.6 is 12.4 Å². The average molecular weight is 371 g/mol. The average Bonchev–Trinajstić information content (AvgIpc) is 2.59. The fraction of sp³-hybridized carbons (Fsp3) is 0.188. The number of alkyl halides is 3. The van der Waals surface area contributed by atoms with Crippen LogP contribution in [0.15, 0.2) is 42.9 Å². The van der Waals surface area contributed by atoms with E-state index < -0.39 is 11.7 Å². The molecular weight excluding hydrogens is 357 g/mol. The van der Waals surface area contributed by atoms with E-state index in [1.54, 1.807) is 0 Å². The van der Waals surface area contributed by atoms with Gasteiger partial charge in [0, 0.05) is 30.7 Å². The predicted molar refractivity (Wildman–Crippen MR) is 90.6 cm³/mol. The van der Waals surface area contributed by atoms with Crippen LogP contribution in [0.2, 0.25) is 0 Å². The molecular formula is C16H14ClF3N4O. The van der Waals surface area contributed by atoms with Crippen LogP contribution in [0.25, 0.3) is 22.2 Å². The summed E-state index contributed by atoms with van der Waals surface area (Å²) in [6, 6.07) is 4.81. The summed E-state index contributed by atoms with van der Waals surface area (Å²) in [6.45, 7) is 0.238. The van der Waals surface area contributed by atoms with E-state index in [2.05, 4.69) is 20.3 Å². The third kappa shape index (κ3) is 3.97. The number of aliphatic hydroxyl groups excluding tert-OH is 1. The first kappa shape index (κ1) is 18.9. The van der Waals surface area contributed by atoms with Crippen molar-refractivity contribution in [1.82, 2.24) is 15.0 Å². The number of nitrogens with zero attached hydrogens (tertiary/aromatic N) is 3. The Morgan fingerprint density at radius 2 is 1.60 bits per heavy atom. The van der Waals surface area contributed by atoms with Crippen molar-refractivity contribution in [3.8, 4) is 11.1 Å². The SMILES string of the molecule is Cl.OCCNc1ncc(-c2ccc(C(F)(F)F)cc2)c2nccnc12. The first-order chi connectivity index (χ1) is 11.5. The number of nitrogens with one attached hydrogen (secondary N) is 1. The normalized spacial score (nSPS) is 11.2. The lowest BCUT2D eigenvalue weighted by atomic mass is 10.0. The van der Waals surface area contributed by atoms with Gasteiger partial charge in [-0.2, -0.15) is 13.2 Å². The molecule has 2 heterocycles. The second kappa shape index (κ2) is 7.62. The maximum absolute atomic E-state index is 12.7. The third-order valence-corrected chi connectivity index (χ3v) is 3.43. The highest BCUT2D eigenvalue weighted by atomic mass is 35.5. The summed E-state index contributed by atoms with van der Waals surface area (Å²) < 4.78 is 38.0. The topological polar surface area (TPSA) is 70.9 Å². The van der Waals surface area contributed by atoms with Crippen molar-refractivity contribution < 1.29 is 18.3 Å². The molecule has 0 saturated carbocycles. The van der Waals surface area contributed by atoms with Crippen LogP contribution < -0.4 is 5.32 Å². The number of fused-ring (bicyclic) bond motifs is 1. The molecule has 0 radical (unpaired) electrons. The molecule has 2 aromatic heterocycles. The second-order valence-corrected chi connectivity index (χ2v) is 5.00.